The molecule has 0 aliphatic rings. The highest BCUT2D eigenvalue weighted by Gasteiger charge is 2.15. The van der Waals surface area contributed by atoms with E-state index in [1.165, 1.54) is 0 Å². The second kappa shape index (κ2) is 4.97. The fourth-order valence-corrected chi connectivity index (χ4v) is 3.06. The summed E-state index contributed by atoms with van der Waals surface area (Å²) in [4.78, 5) is 0. The van der Waals surface area contributed by atoms with Crippen molar-refractivity contribution >= 4 is 9.84 Å². The number of aryl methyl sites for hydroxylation is 2. The summed E-state index contributed by atoms with van der Waals surface area (Å²) >= 11 is 0. The lowest BCUT2D eigenvalue weighted by molar-refractivity contribution is 0.583. The number of aromatic nitrogens is 2. The van der Waals surface area contributed by atoms with E-state index in [4.69, 9.17) is 5.73 Å². The lowest BCUT2D eigenvalue weighted by Gasteiger charge is -2.06. The Morgan fingerprint density at radius 1 is 1.56 bits per heavy atom. The molecule has 0 saturated carbocycles. The first-order chi connectivity index (χ1) is 7.30. The molecule has 5 nitrogen and oxygen atoms in total. The zero-order valence-electron chi connectivity index (χ0n) is 9.97. The number of sulfone groups is 1. The number of hydrogen-bond acceptors (Lipinski definition) is 4. The first kappa shape index (κ1) is 13.2. The van der Waals surface area contributed by atoms with E-state index < -0.39 is 9.84 Å². The SMILES string of the molecule is Cc1cc(CS(=O)(=O)CCC(C)N)n(C)n1. The van der Waals surface area contributed by atoms with Crippen molar-refractivity contribution in [3.05, 3.63) is 17.5 Å². The average Bonchev–Trinajstić information content (AvgIpc) is 2.41. The van der Waals surface area contributed by atoms with Crippen LogP contribution in [0.4, 0.5) is 0 Å². The third-order valence-electron chi connectivity index (χ3n) is 2.35. The third-order valence-corrected chi connectivity index (χ3v) is 3.94. The van der Waals surface area contributed by atoms with Crippen molar-refractivity contribution in [3.8, 4) is 0 Å². The van der Waals surface area contributed by atoms with E-state index in [0.29, 0.717) is 6.42 Å². The molecular weight excluding hydrogens is 226 g/mol. The third kappa shape index (κ3) is 3.94. The lowest BCUT2D eigenvalue weighted by atomic mass is 10.3. The predicted octanol–water partition coefficient (Wildman–Crippen LogP) is 0.381. The Kier molecular flexibility index (Phi) is 4.09. The minimum atomic E-state index is -3.08. The van der Waals surface area contributed by atoms with Crippen LogP contribution in [0.5, 0.6) is 0 Å². The van der Waals surface area contributed by atoms with Crippen LogP contribution in [-0.4, -0.2) is 30.0 Å². The molecule has 0 saturated heterocycles. The molecule has 1 atom stereocenters. The molecule has 0 spiro atoms. The molecule has 0 amide bonds. The van der Waals surface area contributed by atoms with E-state index >= 15 is 0 Å². The predicted molar refractivity (Wildman–Crippen MR) is 63.7 cm³/mol. The van der Waals surface area contributed by atoms with Gasteiger partial charge in [-0.05, 0) is 26.3 Å². The Hall–Kier alpha value is -0.880. The average molecular weight is 245 g/mol. The molecule has 0 bridgehead atoms. The zero-order valence-corrected chi connectivity index (χ0v) is 10.8. The van der Waals surface area contributed by atoms with Gasteiger partial charge in [-0.25, -0.2) is 8.42 Å². The molecule has 6 heteroatoms. The summed E-state index contributed by atoms with van der Waals surface area (Å²) in [6.45, 7) is 3.65. The summed E-state index contributed by atoms with van der Waals surface area (Å²) < 4.78 is 25.1. The first-order valence-electron chi connectivity index (χ1n) is 5.25. The van der Waals surface area contributed by atoms with Crippen LogP contribution in [0.1, 0.15) is 24.7 Å². The molecule has 0 radical (unpaired) electrons. The lowest BCUT2D eigenvalue weighted by Crippen LogP contribution is -2.21. The van der Waals surface area contributed by atoms with Crippen LogP contribution < -0.4 is 5.73 Å². The Labute approximate surface area is 96.6 Å². The van der Waals surface area contributed by atoms with Crippen molar-refractivity contribution < 1.29 is 8.42 Å². The molecule has 0 fully saturated rings. The Balaban J connectivity index is 2.69. The molecule has 0 aliphatic heterocycles. The van der Waals surface area contributed by atoms with Gasteiger partial charge in [-0.1, -0.05) is 0 Å². The molecule has 0 aromatic carbocycles. The number of nitrogens with two attached hydrogens (primary N) is 1. The summed E-state index contributed by atoms with van der Waals surface area (Å²) in [7, 11) is -1.33. The van der Waals surface area contributed by atoms with E-state index in [0.717, 1.165) is 11.4 Å². The fourth-order valence-electron chi connectivity index (χ4n) is 1.46. The maximum absolute atomic E-state index is 11.8. The quantitative estimate of drug-likeness (QED) is 0.813. The van der Waals surface area contributed by atoms with Gasteiger partial charge in [0.05, 0.1) is 22.9 Å². The van der Waals surface area contributed by atoms with Gasteiger partial charge in [-0.3, -0.25) is 4.68 Å². The summed E-state index contributed by atoms with van der Waals surface area (Å²) in [6, 6.07) is 1.71. The van der Waals surface area contributed by atoms with Crippen molar-refractivity contribution in [3.63, 3.8) is 0 Å². The molecule has 1 rings (SSSR count). The smallest absolute Gasteiger partial charge is 0.156 e. The monoisotopic (exact) mass is 245 g/mol. The largest absolute Gasteiger partial charge is 0.328 e. The molecule has 16 heavy (non-hydrogen) atoms. The Morgan fingerprint density at radius 2 is 2.19 bits per heavy atom. The number of nitrogens with zero attached hydrogens (tertiary/aromatic N) is 2. The molecule has 1 aromatic heterocycles. The van der Waals surface area contributed by atoms with Crippen LogP contribution in [0, 0.1) is 6.92 Å². The van der Waals surface area contributed by atoms with Gasteiger partial charge in [-0.15, -0.1) is 0 Å². The Morgan fingerprint density at radius 3 is 2.62 bits per heavy atom. The number of hydrogen-bond donors (Lipinski definition) is 1. The maximum Gasteiger partial charge on any atom is 0.156 e. The molecule has 1 unspecified atom stereocenters. The van der Waals surface area contributed by atoms with Gasteiger partial charge in [-0.2, -0.15) is 5.10 Å². The van der Waals surface area contributed by atoms with Crippen LogP contribution in [0.25, 0.3) is 0 Å². The number of rotatable bonds is 5. The van der Waals surface area contributed by atoms with Gasteiger partial charge in [0, 0.05) is 13.1 Å². The minimum Gasteiger partial charge on any atom is -0.328 e. The van der Waals surface area contributed by atoms with Crippen LogP contribution in [0.3, 0.4) is 0 Å². The summed E-state index contributed by atoms with van der Waals surface area (Å²) in [5.41, 5.74) is 7.10. The summed E-state index contributed by atoms with van der Waals surface area (Å²) in [6.07, 6.45) is 0.499. The van der Waals surface area contributed by atoms with Crippen LogP contribution in [0.2, 0.25) is 0 Å². The molecule has 0 aliphatic carbocycles. The standard InChI is InChI=1S/C10H19N3O2S/c1-8(11)4-5-16(14,15)7-10-6-9(2)12-13(10)3/h6,8H,4-5,7,11H2,1-3H3. The van der Waals surface area contributed by atoms with Gasteiger partial charge < -0.3 is 5.73 Å². The summed E-state index contributed by atoms with van der Waals surface area (Å²) in [5.74, 6) is 0.173. The van der Waals surface area contributed by atoms with Gasteiger partial charge in [0.1, 0.15) is 0 Å². The van der Waals surface area contributed by atoms with Crippen molar-refractivity contribution in [2.45, 2.75) is 32.1 Å². The maximum atomic E-state index is 11.8. The Bertz CT molecular complexity index is 449. The van der Waals surface area contributed by atoms with Crippen LogP contribution in [-0.2, 0) is 22.6 Å². The van der Waals surface area contributed by atoms with Crippen LogP contribution in [0.15, 0.2) is 6.07 Å². The first-order valence-corrected chi connectivity index (χ1v) is 7.08. The highest BCUT2D eigenvalue weighted by Crippen LogP contribution is 2.09. The fraction of sp³-hybridized carbons (Fsp3) is 0.700. The van der Waals surface area contributed by atoms with E-state index in [1.54, 1.807) is 17.8 Å². The highest BCUT2D eigenvalue weighted by atomic mass is 32.2. The van der Waals surface area contributed by atoms with Crippen LogP contribution >= 0.6 is 0 Å². The van der Waals surface area contributed by atoms with Crippen molar-refractivity contribution in [1.82, 2.24) is 9.78 Å². The van der Waals surface area contributed by atoms with Gasteiger partial charge in [0.15, 0.2) is 9.84 Å². The van der Waals surface area contributed by atoms with Crippen molar-refractivity contribution in [2.75, 3.05) is 5.75 Å². The van der Waals surface area contributed by atoms with E-state index in [-0.39, 0.29) is 17.5 Å². The molecule has 2 N–H and O–H groups in total. The highest BCUT2D eigenvalue weighted by molar-refractivity contribution is 7.90. The minimum absolute atomic E-state index is 0.0387. The van der Waals surface area contributed by atoms with Gasteiger partial charge in [0.2, 0.25) is 0 Å². The van der Waals surface area contributed by atoms with Crippen molar-refractivity contribution in [1.29, 1.82) is 0 Å². The van der Waals surface area contributed by atoms with E-state index in [9.17, 15) is 8.42 Å². The van der Waals surface area contributed by atoms with Crippen molar-refractivity contribution in [2.24, 2.45) is 12.8 Å². The topological polar surface area (TPSA) is 78.0 Å². The summed E-state index contributed by atoms with van der Waals surface area (Å²) in [5, 5.41) is 4.12. The van der Waals surface area contributed by atoms with Gasteiger partial charge >= 0.3 is 0 Å². The van der Waals surface area contributed by atoms with E-state index in [2.05, 4.69) is 5.10 Å². The second-order valence-corrected chi connectivity index (χ2v) is 6.44. The molecule has 1 aromatic rings. The second-order valence-electron chi connectivity index (χ2n) is 4.26. The van der Waals surface area contributed by atoms with E-state index in [1.807, 2.05) is 13.8 Å². The van der Waals surface area contributed by atoms with Gasteiger partial charge in [0.25, 0.3) is 0 Å². The zero-order chi connectivity index (χ0) is 12.3. The molecule has 92 valence electrons. The molecular formula is C10H19N3O2S. The normalized spacial score (nSPS) is 14.0. The molecule has 1 heterocycles.